The van der Waals surface area contributed by atoms with Crippen molar-refractivity contribution in [2.75, 3.05) is 0 Å². The molecule has 0 nitrogen and oxygen atoms in total. The fourth-order valence-electron chi connectivity index (χ4n) is 3.21. The summed E-state index contributed by atoms with van der Waals surface area (Å²) in [7, 11) is 0. The molecule has 0 radical (unpaired) electrons. The second kappa shape index (κ2) is 9.00. The van der Waals surface area contributed by atoms with Gasteiger partial charge in [-0.05, 0) is 37.2 Å². The summed E-state index contributed by atoms with van der Waals surface area (Å²) >= 11 is 0. The van der Waals surface area contributed by atoms with Gasteiger partial charge in [-0.1, -0.05) is 81.9 Å². The Morgan fingerprint density at radius 2 is 1.70 bits per heavy atom. The summed E-state index contributed by atoms with van der Waals surface area (Å²) in [6.07, 6.45) is 10.5. The summed E-state index contributed by atoms with van der Waals surface area (Å²) in [5.41, 5.74) is 3.15. The van der Waals surface area contributed by atoms with Crippen LogP contribution in [0, 0.1) is 5.41 Å². The lowest BCUT2D eigenvalue weighted by molar-refractivity contribution is 0.279. The second-order valence-electron chi connectivity index (χ2n) is 6.77. The number of hydrogen-bond donors (Lipinski definition) is 0. The number of hydrogen-bond acceptors (Lipinski definition) is 0. The topological polar surface area (TPSA) is 0 Å². The van der Waals surface area contributed by atoms with E-state index in [-0.39, 0.29) is 0 Å². The molecule has 1 aromatic rings. The molecular weight excluding hydrogens is 240 g/mol. The molecule has 0 aliphatic heterocycles. The van der Waals surface area contributed by atoms with Crippen molar-refractivity contribution in [3.05, 3.63) is 48.0 Å². The molecule has 1 unspecified atom stereocenters. The van der Waals surface area contributed by atoms with Gasteiger partial charge < -0.3 is 0 Å². The number of benzene rings is 1. The highest BCUT2D eigenvalue weighted by atomic mass is 14.3. The first kappa shape index (κ1) is 17.0. The van der Waals surface area contributed by atoms with Crippen LogP contribution in [-0.2, 0) is 6.42 Å². The van der Waals surface area contributed by atoms with Gasteiger partial charge in [0.05, 0.1) is 0 Å². The average molecular weight is 272 g/mol. The molecule has 0 heterocycles. The molecule has 0 fully saturated rings. The van der Waals surface area contributed by atoms with Crippen molar-refractivity contribution in [1.82, 2.24) is 0 Å². The highest BCUT2D eigenvalue weighted by Crippen LogP contribution is 2.35. The number of unbranched alkanes of at least 4 members (excludes halogenated alkanes) is 4. The number of allylic oxidation sites excluding steroid dienone is 1. The largest absolute Gasteiger partial charge is 0.100 e. The predicted molar refractivity (Wildman–Crippen MR) is 91.1 cm³/mol. The lowest BCUT2D eigenvalue weighted by Gasteiger charge is -2.30. The van der Waals surface area contributed by atoms with Crippen LogP contribution in [0.25, 0.3) is 0 Å². The third kappa shape index (κ3) is 6.93. The van der Waals surface area contributed by atoms with Crippen LogP contribution in [0.5, 0.6) is 0 Å². The van der Waals surface area contributed by atoms with Crippen LogP contribution < -0.4 is 0 Å². The summed E-state index contributed by atoms with van der Waals surface area (Å²) in [5.74, 6) is 0. The van der Waals surface area contributed by atoms with Gasteiger partial charge in [-0.15, -0.1) is 6.58 Å². The molecule has 0 bridgehead atoms. The molecule has 0 amide bonds. The fraction of sp³-hybridized carbons (Fsp3) is 0.600. The Kier molecular flexibility index (Phi) is 7.65. The van der Waals surface area contributed by atoms with Gasteiger partial charge in [-0.2, -0.15) is 0 Å². The molecule has 112 valence electrons. The van der Waals surface area contributed by atoms with Crippen LogP contribution >= 0.6 is 0 Å². The van der Waals surface area contributed by atoms with Gasteiger partial charge in [-0.25, -0.2) is 0 Å². The van der Waals surface area contributed by atoms with Gasteiger partial charge >= 0.3 is 0 Å². The van der Waals surface area contributed by atoms with Gasteiger partial charge in [0.25, 0.3) is 0 Å². The van der Waals surface area contributed by atoms with E-state index in [9.17, 15) is 0 Å². The van der Waals surface area contributed by atoms with Crippen LogP contribution in [0.3, 0.4) is 0 Å². The fourth-order valence-corrected chi connectivity index (χ4v) is 3.21. The molecule has 0 spiro atoms. The van der Waals surface area contributed by atoms with Gasteiger partial charge in [0.2, 0.25) is 0 Å². The molecular formula is C20H32. The maximum absolute atomic E-state index is 4.14. The van der Waals surface area contributed by atoms with Crippen LogP contribution in [-0.4, -0.2) is 0 Å². The zero-order valence-electron chi connectivity index (χ0n) is 13.8. The van der Waals surface area contributed by atoms with Crippen LogP contribution in [0.2, 0.25) is 0 Å². The molecule has 1 rings (SSSR count). The minimum atomic E-state index is 0.374. The Labute approximate surface area is 126 Å². The van der Waals surface area contributed by atoms with E-state index in [0.29, 0.717) is 5.41 Å². The third-order valence-corrected chi connectivity index (χ3v) is 4.09. The molecule has 0 aromatic heterocycles. The highest BCUT2D eigenvalue weighted by molar-refractivity contribution is 5.17. The Morgan fingerprint density at radius 1 is 1.05 bits per heavy atom. The zero-order chi connectivity index (χ0) is 14.8. The van der Waals surface area contributed by atoms with E-state index < -0.39 is 0 Å². The second-order valence-corrected chi connectivity index (χ2v) is 6.77. The monoisotopic (exact) mass is 272 g/mol. The molecule has 0 aliphatic carbocycles. The van der Waals surface area contributed by atoms with Gasteiger partial charge in [-0.3, -0.25) is 0 Å². The van der Waals surface area contributed by atoms with Crippen molar-refractivity contribution in [2.45, 2.75) is 72.1 Å². The van der Waals surface area contributed by atoms with Crippen molar-refractivity contribution >= 4 is 0 Å². The summed E-state index contributed by atoms with van der Waals surface area (Å²) in [4.78, 5) is 0. The van der Waals surface area contributed by atoms with E-state index in [1.165, 1.54) is 56.1 Å². The van der Waals surface area contributed by atoms with E-state index in [1.54, 1.807) is 0 Å². The lowest BCUT2D eigenvalue weighted by Crippen LogP contribution is -2.20. The first-order valence-electron chi connectivity index (χ1n) is 8.24. The first-order valence-corrected chi connectivity index (χ1v) is 8.24. The van der Waals surface area contributed by atoms with E-state index in [1.807, 2.05) is 0 Å². The van der Waals surface area contributed by atoms with Crippen molar-refractivity contribution in [1.29, 1.82) is 0 Å². The molecule has 20 heavy (non-hydrogen) atoms. The molecule has 0 heteroatoms. The van der Waals surface area contributed by atoms with Crippen molar-refractivity contribution in [3.8, 4) is 0 Å². The zero-order valence-corrected chi connectivity index (χ0v) is 13.8. The normalized spacial score (nSPS) is 13.9. The Hall–Kier alpha value is -1.04. The molecule has 0 N–H and O–H groups in total. The van der Waals surface area contributed by atoms with E-state index in [2.05, 4.69) is 57.7 Å². The molecule has 1 aromatic carbocycles. The maximum atomic E-state index is 4.14. The van der Waals surface area contributed by atoms with Crippen LogP contribution in [0.15, 0.2) is 42.5 Å². The Morgan fingerprint density at radius 3 is 2.30 bits per heavy atom. The number of rotatable bonds is 10. The van der Waals surface area contributed by atoms with Gasteiger partial charge in [0.1, 0.15) is 0 Å². The predicted octanol–water partition coefficient (Wildman–Crippen LogP) is 6.56. The summed E-state index contributed by atoms with van der Waals surface area (Å²) in [6, 6.07) is 10.9. The first-order chi connectivity index (χ1) is 9.56. The highest BCUT2D eigenvalue weighted by Gasteiger charge is 2.24. The Balaban J connectivity index is 2.54. The maximum Gasteiger partial charge on any atom is -0.0222 e. The third-order valence-electron chi connectivity index (χ3n) is 4.09. The summed E-state index contributed by atoms with van der Waals surface area (Å²) in [5, 5.41) is 0. The standard InChI is InChI=1S/C20H32/c1-5-6-7-8-12-15-20(4,16-18(2)3)17-19-13-10-9-11-14-19/h9-11,13-14H,2,5-8,12,15-17H2,1,3-4H3. The lowest BCUT2D eigenvalue weighted by atomic mass is 9.75. The molecule has 0 aliphatic rings. The van der Waals surface area contributed by atoms with Gasteiger partial charge in [0.15, 0.2) is 0 Å². The summed E-state index contributed by atoms with van der Waals surface area (Å²) in [6.45, 7) is 11.0. The van der Waals surface area contributed by atoms with Crippen LogP contribution in [0.4, 0.5) is 0 Å². The van der Waals surface area contributed by atoms with Crippen molar-refractivity contribution in [3.63, 3.8) is 0 Å². The van der Waals surface area contributed by atoms with E-state index in [0.717, 1.165) is 6.42 Å². The smallest absolute Gasteiger partial charge is 0.0222 e. The van der Waals surface area contributed by atoms with Crippen molar-refractivity contribution in [2.24, 2.45) is 5.41 Å². The average Bonchev–Trinajstić information content (AvgIpc) is 2.38. The Bertz CT molecular complexity index is 376. The minimum Gasteiger partial charge on any atom is -0.100 e. The summed E-state index contributed by atoms with van der Waals surface area (Å²) < 4.78 is 0. The minimum absolute atomic E-state index is 0.374. The van der Waals surface area contributed by atoms with E-state index in [4.69, 9.17) is 0 Å². The molecule has 0 saturated heterocycles. The van der Waals surface area contributed by atoms with Crippen molar-refractivity contribution < 1.29 is 0 Å². The van der Waals surface area contributed by atoms with E-state index >= 15 is 0 Å². The molecule has 1 atom stereocenters. The van der Waals surface area contributed by atoms with Gasteiger partial charge in [0, 0.05) is 0 Å². The quantitative estimate of drug-likeness (QED) is 0.334. The van der Waals surface area contributed by atoms with Crippen LogP contribution in [0.1, 0.15) is 71.3 Å². The molecule has 0 saturated carbocycles. The SMILES string of the molecule is C=C(C)CC(C)(CCCCCCC)Cc1ccccc1.